The highest BCUT2D eigenvalue weighted by Crippen LogP contribution is 2.26. The van der Waals surface area contributed by atoms with Crippen molar-refractivity contribution in [2.75, 3.05) is 6.54 Å². The van der Waals surface area contributed by atoms with E-state index in [1.54, 1.807) is 0 Å². The Balaban J connectivity index is 1.69. The lowest BCUT2D eigenvalue weighted by atomic mass is 10.00. The van der Waals surface area contributed by atoms with Crippen LogP contribution in [0.1, 0.15) is 31.2 Å². The van der Waals surface area contributed by atoms with E-state index < -0.39 is 6.09 Å². The molecule has 1 aliphatic rings. The van der Waals surface area contributed by atoms with Gasteiger partial charge >= 0.3 is 6.09 Å². The van der Waals surface area contributed by atoms with Crippen LogP contribution in [0.4, 0.5) is 4.79 Å². The van der Waals surface area contributed by atoms with Crippen molar-refractivity contribution in [2.24, 2.45) is 5.73 Å². The van der Waals surface area contributed by atoms with Crippen molar-refractivity contribution >= 4 is 6.09 Å². The first-order chi connectivity index (χ1) is 8.68. The summed E-state index contributed by atoms with van der Waals surface area (Å²) in [5.74, 6) is 0. The van der Waals surface area contributed by atoms with Gasteiger partial charge in [0.2, 0.25) is 0 Å². The van der Waals surface area contributed by atoms with Gasteiger partial charge in [-0.05, 0) is 18.4 Å². The number of nitrogens with one attached hydrogen (secondary N) is 1. The lowest BCUT2D eigenvalue weighted by Crippen LogP contribution is -2.48. The maximum atomic E-state index is 11.5. The molecule has 0 spiro atoms. The maximum Gasteiger partial charge on any atom is 0.407 e. The molecule has 0 saturated heterocycles. The van der Waals surface area contributed by atoms with Gasteiger partial charge < -0.3 is 15.8 Å². The first-order valence-electron chi connectivity index (χ1n) is 6.41. The number of hydrogen-bond acceptors (Lipinski definition) is 3. The summed E-state index contributed by atoms with van der Waals surface area (Å²) in [4.78, 5) is 11.5. The summed E-state index contributed by atoms with van der Waals surface area (Å²) in [5, 5.41) is 2.75. The van der Waals surface area contributed by atoms with Crippen LogP contribution in [0, 0.1) is 0 Å². The van der Waals surface area contributed by atoms with Gasteiger partial charge in [0.25, 0.3) is 0 Å². The smallest absolute Gasteiger partial charge is 0.407 e. The van der Waals surface area contributed by atoms with Gasteiger partial charge in [0, 0.05) is 12.1 Å². The fourth-order valence-corrected chi connectivity index (χ4v) is 2.28. The monoisotopic (exact) mass is 248 g/mol. The Morgan fingerprint density at radius 3 is 2.61 bits per heavy atom. The molecule has 1 amide bonds. The van der Waals surface area contributed by atoms with Crippen LogP contribution in [0.15, 0.2) is 30.3 Å². The minimum Gasteiger partial charge on any atom is -0.445 e. The first kappa shape index (κ1) is 12.9. The number of rotatable bonds is 4. The number of hydrogen-bond donors (Lipinski definition) is 2. The summed E-state index contributed by atoms with van der Waals surface area (Å²) in [7, 11) is 0. The minimum atomic E-state index is -0.393. The van der Waals surface area contributed by atoms with Gasteiger partial charge in [-0.15, -0.1) is 0 Å². The normalized spacial score (nSPS) is 17.4. The van der Waals surface area contributed by atoms with E-state index in [-0.39, 0.29) is 5.54 Å². The standard InChI is InChI=1S/C14H20N2O2/c15-14(8-4-5-9-14)11-16-13(17)18-10-12-6-2-1-3-7-12/h1-3,6-7H,4-5,8-11,15H2,(H,16,17). The molecule has 4 nitrogen and oxygen atoms in total. The van der Waals surface area contributed by atoms with Crippen molar-refractivity contribution in [1.82, 2.24) is 5.32 Å². The molecule has 0 radical (unpaired) electrons. The van der Waals surface area contributed by atoms with Gasteiger partial charge in [0.05, 0.1) is 0 Å². The summed E-state index contributed by atoms with van der Waals surface area (Å²) in [6.45, 7) is 0.796. The molecule has 1 aliphatic carbocycles. The largest absolute Gasteiger partial charge is 0.445 e. The Morgan fingerprint density at radius 2 is 1.94 bits per heavy atom. The van der Waals surface area contributed by atoms with Crippen molar-refractivity contribution in [2.45, 2.75) is 37.8 Å². The first-order valence-corrected chi connectivity index (χ1v) is 6.41. The van der Waals surface area contributed by atoms with Crippen molar-refractivity contribution in [3.8, 4) is 0 Å². The predicted octanol–water partition coefficient (Wildman–Crippen LogP) is 2.18. The Morgan fingerprint density at radius 1 is 1.28 bits per heavy atom. The molecule has 0 bridgehead atoms. The highest BCUT2D eigenvalue weighted by Gasteiger charge is 2.29. The SMILES string of the molecule is NC1(CNC(=O)OCc2ccccc2)CCCC1. The van der Waals surface area contributed by atoms with Gasteiger partial charge in [-0.3, -0.25) is 0 Å². The van der Waals surface area contributed by atoms with Crippen LogP contribution in [0.5, 0.6) is 0 Å². The predicted molar refractivity (Wildman–Crippen MR) is 70.0 cm³/mol. The fourth-order valence-electron chi connectivity index (χ4n) is 2.28. The Kier molecular flexibility index (Phi) is 4.20. The number of nitrogens with two attached hydrogens (primary N) is 1. The van der Waals surface area contributed by atoms with Crippen LogP contribution >= 0.6 is 0 Å². The number of amides is 1. The second-order valence-corrected chi connectivity index (χ2v) is 4.98. The zero-order valence-electron chi connectivity index (χ0n) is 10.5. The molecule has 1 fully saturated rings. The van der Waals surface area contributed by atoms with Gasteiger partial charge in [0.15, 0.2) is 0 Å². The number of carbonyl (C=O) groups is 1. The van der Waals surface area contributed by atoms with Crippen molar-refractivity contribution < 1.29 is 9.53 Å². The molecule has 1 saturated carbocycles. The third-order valence-electron chi connectivity index (χ3n) is 3.40. The molecule has 0 unspecified atom stereocenters. The molecule has 1 aromatic carbocycles. The minimum absolute atomic E-state index is 0.230. The quantitative estimate of drug-likeness (QED) is 0.858. The average molecular weight is 248 g/mol. The Hall–Kier alpha value is -1.55. The lowest BCUT2D eigenvalue weighted by Gasteiger charge is -2.23. The van der Waals surface area contributed by atoms with E-state index >= 15 is 0 Å². The number of ether oxygens (including phenoxy) is 1. The maximum absolute atomic E-state index is 11.5. The van der Waals surface area contributed by atoms with E-state index in [0.717, 1.165) is 31.2 Å². The molecule has 2 rings (SSSR count). The van der Waals surface area contributed by atoms with Gasteiger partial charge in [-0.25, -0.2) is 4.79 Å². The Bertz CT molecular complexity index is 386. The molecular weight excluding hydrogens is 228 g/mol. The zero-order chi connectivity index (χ0) is 12.8. The number of alkyl carbamates (subject to hydrolysis) is 1. The molecule has 1 aromatic rings. The molecule has 0 heterocycles. The van der Waals surface area contributed by atoms with Crippen molar-refractivity contribution in [3.05, 3.63) is 35.9 Å². The van der Waals surface area contributed by atoms with Crippen LogP contribution in [-0.2, 0) is 11.3 Å². The van der Waals surface area contributed by atoms with Crippen LogP contribution in [0.3, 0.4) is 0 Å². The summed E-state index contributed by atoms with van der Waals surface area (Å²) in [5.41, 5.74) is 6.90. The Labute approximate surface area is 108 Å². The molecule has 98 valence electrons. The highest BCUT2D eigenvalue weighted by molar-refractivity contribution is 5.67. The average Bonchev–Trinajstić information content (AvgIpc) is 2.83. The molecule has 0 atom stereocenters. The van der Waals surface area contributed by atoms with Crippen LogP contribution in [-0.4, -0.2) is 18.2 Å². The molecule has 18 heavy (non-hydrogen) atoms. The van der Waals surface area contributed by atoms with Crippen molar-refractivity contribution in [3.63, 3.8) is 0 Å². The number of carbonyl (C=O) groups excluding carboxylic acids is 1. The summed E-state index contributed by atoms with van der Waals surface area (Å²) in [6, 6.07) is 9.62. The van der Waals surface area contributed by atoms with E-state index in [0.29, 0.717) is 13.2 Å². The van der Waals surface area contributed by atoms with Gasteiger partial charge in [-0.1, -0.05) is 43.2 Å². The van der Waals surface area contributed by atoms with Gasteiger partial charge in [-0.2, -0.15) is 0 Å². The molecule has 4 heteroatoms. The van der Waals surface area contributed by atoms with E-state index in [1.807, 2.05) is 30.3 Å². The third-order valence-corrected chi connectivity index (χ3v) is 3.40. The third kappa shape index (κ3) is 3.74. The highest BCUT2D eigenvalue weighted by atomic mass is 16.5. The van der Waals surface area contributed by atoms with Crippen LogP contribution in [0.2, 0.25) is 0 Å². The second kappa shape index (κ2) is 5.87. The van der Waals surface area contributed by atoms with Crippen LogP contribution < -0.4 is 11.1 Å². The zero-order valence-corrected chi connectivity index (χ0v) is 10.5. The summed E-state index contributed by atoms with van der Waals surface area (Å²) in [6.07, 6.45) is 3.86. The van der Waals surface area contributed by atoms with Gasteiger partial charge in [0.1, 0.15) is 6.61 Å². The van der Waals surface area contributed by atoms with Crippen LogP contribution in [0.25, 0.3) is 0 Å². The fraction of sp³-hybridized carbons (Fsp3) is 0.500. The van der Waals surface area contributed by atoms with E-state index in [4.69, 9.17) is 10.5 Å². The van der Waals surface area contributed by atoms with E-state index in [2.05, 4.69) is 5.32 Å². The van der Waals surface area contributed by atoms with E-state index in [1.165, 1.54) is 0 Å². The summed E-state index contributed by atoms with van der Waals surface area (Å²) < 4.78 is 5.13. The van der Waals surface area contributed by atoms with E-state index in [9.17, 15) is 4.79 Å². The molecular formula is C14H20N2O2. The summed E-state index contributed by atoms with van der Waals surface area (Å²) >= 11 is 0. The molecule has 0 aromatic heterocycles. The molecule has 0 aliphatic heterocycles. The topological polar surface area (TPSA) is 64.3 Å². The lowest BCUT2D eigenvalue weighted by molar-refractivity contribution is 0.137. The van der Waals surface area contributed by atoms with Crippen molar-refractivity contribution in [1.29, 1.82) is 0 Å². The second-order valence-electron chi connectivity index (χ2n) is 4.98. The molecule has 3 N–H and O–H groups in total. The number of benzene rings is 1.